The Hall–Kier alpha value is -1.48. The lowest BCUT2D eigenvalue weighted by Crippen LogP contribution is -2.07. The number of benzene rings is 1. The fourth-order valence-corrected chi connectivity index (χ4v) is 1.38. The molecule has 16 heavy (non-hydrogen) atoms. The molecule has 0 saturated carbocycles. The Morgan fingerprint density at radius 3 is 2.62 bits per heavy atom. The third kappa shape index (κ3) is 4.36. The van der Waals surface area contributed by atoms with Gasteiger partial charge in [0.15, 0.2) is 5.78 Å². The molecule has 0 heterocycles. The lowest BCUT2D eigenvalue weighted by Gasteiger charge is -2.01. The molecule has 0 atom stereocenters. The van der Waals surface area contributed by atoms with Crippen LogP contribution in [0.1, 0.15) is 30.1 Å². The Morgan fingerprint density at radius 2 is 2.00 bits per heavy atom. The first-order valence-corrected chi connectivity index (χ1v) is 5.52. The molecule has 1 aromatic rings. The second-order valence-electron chi connectivity index (χ2n) is 3.73. The zero-order chi connectivity index (χ0) is 11.8. The van der Waals surface area contributed by atoms with Gasteiger partial charge in [0.25, 0.3) is 0 Å². The summed E-state index contributed by atoms with van der Waals surface area (Å²) in [6.45, 7) is 3.24. The van der Waals surface area contributed by atoms with Crippen molar-refractivity contribution < 1.29 is 4.79 Å². The molecule has 86 valence electrons. The van der Waals surface area contributed by atoms with Gasteiger partial charge in [-0.25, -0.2) is 0 Å². The Labute approximate surface area is 96.4 Å². The van der Waals surface area contributed by atoms with Crippen molar-refractivity contribution in [2.75, 3.05) is 13.1 Å². The van der Waals surface area contributed by atoms with Gasteiger partial charge >= 0.3 is 0 Å². The lowest BCUT2D eigenvalue weighted by atomic mass is 10.1. The second kappa shape index (κ2) is 6.90. The summed E-state index contributed by atoms with van der Waals surface area (Å²) in [5, 5.41) is 0. The van der Waals surface area contributed by atoms with Gasteiger partial charge in [0, 0.05) is 24.2 Å². The van der Waals surface area contributed by atoms with Gasteiger partial charge in [0.1, 0.15) is 0 Å². The van der Waals surface area contributed by atoms with Crippen molar-refractivity contribution in [3.05, 3.63) is 35.9 Å². The van der Waals surface area contributed by atoms with Gasteiger partial charge in [-0.1, -0.05) is 30.3 Å². The number of Topliss-reactive ketones (excluding diaryl/α,β-unsaturated/α-hetero) is 1. The fraction of sp³-hybridized carbons (Fsp3) is 0.385. The third-order valence-electron chi connectivity index (χ3n) is 2.26. The lowest BCUT2D eigenvalue weighted by molar-refractivity contribution is 0.100. The smallest absolute Gasteiger partial charge is 0.168 e. The Morgan fingerprint density at radius 1 is 1.31 bits per heavy atom. The van der Waals surface area contributed by atoms with Gasteiger partial charge in [0.2, 0.25) is 0 Å². The summed E-state index contributed by atoms with van der Waals surface area (Å²) in [5.74, 6) is 0.120. The molecule has 0 aromatic heterocycles. The third-order valence-corrected chi connectivity index (χ3v) is 2.26. The first kappa shape index (κ1) is 12.6. The van der Waals surface area contributed by atoms with Crippen LogP contribution in [0.3, 0.4) is 0 Å². The number of nitrogens with two attached hydrogens (primary N) is 1. The number of carbonyl (C=O) groups is 1. The molecular weight excluding hydrogens is 200 g/mol. The number of nitrogens with zero attached hydrogens (tertiary/aromatic N) is 1. The molecule has 0 unspecified atom stereocenters. The molecule has 0 fully saturated rings. The molecule has 1 rings (SSSR count). The van der Waals surface area contributed by atoms with Crippen LogP contribution in [0.15, 0.2) is 35.3 Å². The monoisotopic (exact) mass is 218 g/mol. The fourth-order valence-electron chi connectivity index (χ4n) is 1.38. The maximum absolute atomic E-state index is 11.8. The van der Waals surface area contributed by atoms with Crippen LogP contribution < -0.4 is 5.73 Å². The molecule has 3 nitrogen and oxygen atoms in total. The standard InChI is InChI=1S/C13H18N2O/c1-11(15-9-5-8-14)10-13(16)12-6-3-2-4-7-12/h2-4,6-7H,5,8-10,14H2,1H3. The molecule has 0 spiro atoms. The van der Waals surface area contributed by atoms with Crippen LogP contribution in [-0.2, 0) is 0 Å². The van der Waals surface area contributed by atoms with Crippen molar-refractivity contribution in [2.24, 2.45) is 10.7 Å². The predicted octanol–water partition coefficient (Wildman–Crippen LogP) is 2.07. The second-order valence-corrected chi connectivity index (χ2v) is 3.73. The summed E-state index contributed by atoms with van der Waals surface area (Å²) in [5.41, 5.74) is 6.99. The van der Waals surface area contributed by atoms with E-state index in [0.717, 1.165) is 17.7 Å². The van der Waals surface area contributed by atoms with Crippen LogP contribution in [0, 0.1) is 0 Å². The van der Waals surface area contributed by atoms with Crippen LogP contribution in [0.4, 0.5) is 0 Å². The van der Waals surface area contributed by atoms with Gasteiger partial charge in [-0.3, -0.25) is 9.79 Å². The van der Waals surface area contributed by atoms with Crippen molar-refractivity contribution in [3.8, 4) is 0 Å². The predicted molar refractivity (Wildman–Crippen MR) is 67.0 cm³/mol. The van der Waals surface area contributed by atoms with Crippen LogP contribution >= 0.6 is 0 Å². The summed E-state index contributed by atoms with van der Waals surface area (Å²) in [7, 11) is 0. The minimum Gasteiger partial charge on any atom is -0.330 e. The van der Waals surface area contributed by atoms with E-state index in [-0.39, 0.29) is 5.78 Å². The number of hydrogen-bond donors (Lipinski definition) is 1. The van der Waals surface area contributed by atoms with Crippen LogP contribution in [-0.4, -0.2) is 24.6 Å². The quantitative estimate of drug-likeness (QED) is 0.451. The highest BCUT2D eigenvalue weighted by Gasteiger charge is 2.05. The van der Waals surface area contributed by atoms with Crippen molar-refractivity contribution in [1.82, 2.24) is 0 Å². The van der Waals surface area contributed by atoms with E-state index in [1.165, 1.54) is 0 Å². The summed E-state index contributed by atoms with van der Waals surface area (Å²) in [6, 6.07) is 9.30. The molecule has 0 bridgehead atoms. The average molecular weight is 218 g/mol. The minimum atomic E-state index is 0.120. The number of ketones is 1. The zero-order valence-corrected chi connectivity index (χ0v) is 9.65. The van der Waals surface area contributed by atoms with E-state index in [4.69, 9.17) is 5.73 Å². The molecule has 0 saturated heterocycles. The summed E-state index contributed by atoms with van der Waals surface area (Å²) in [6.07, 6.45) is 1.27. The SMILES string of the molecule is CC(CC(=O)c1ccccc1)=NCCCN. The maximum atomic E-state index is 11.8. The zero-order valence-electron chi connectivity index (χ0n) is 9.65. The van der Waals surface area contributed by atoms with Gasteiger partial charge in [0.05, 0.1) is 0 Å². The van der Waals surface area contributed by atoms with E-state index in [1.54, 1.807) is 0 Å². The van der Waals surface area contributed by atoms with Crippen LogP contribution in [0.5, 0.6) is 0 Å². The Bertz CT molecular complexity index is 357. The minimum absolute atomic E-state index is 0.120. The highest BCUT2D eigenvalue weighted by molar-refractivity contribution is 6.08. The van der Waals surface area contributed by atoms with E-state index in [2.05, 4.69) is 4.99 Å². The molecule has 0 aliphatic carbocycles. The van der Waals surface area contributed by atoms with E-state index in [9.17, 15) is 4.79 Å². The molecule has 0 aliphatic heterocycles. The Balaban J connectivity index is 2.48. The first-order chi connectivity index (χ1) is 7.74. The number of hydrogen-bond acceptors (Lipinski definition) is 3. The van der Waals surface area contributed by atoms with Gasteiger partial charge < -0.3 is 5.73 Å². The normalized spacial score (nSPS) is 11.5. The van der Waals surface area contributed by atoms with E-state index in [1.807, 2.05) is 37.3 Å². The van der Waals surface area contributed by atoms with Crippen molar-refractivity contribution >= 4 is 11.5 Å². The molecule has 1 aromatic carbocycles. The molecule has 2 N–H and O–H groups in total. The molecule has 0 radical (unpaired) electrons. The van der Waals surface area contributed by atoms with Crippen LogP contribution in [0.2, 0.25) is 0 Å². The van der Waals surface area contributed by atoms with E-state index in [0.29, 0.717) is 19.5 Å². The van der Waals surface area contributed by atoms with Gasteiger partial charge in [-0.15, -0.1) is 0 Å². The highest BCUT2D eigenvalue weighted by atomic mass is 16.1. The summed E-state index contributed by atoms with van der Waals surface area (Å²) < 4.78 is 0. The van der Waals surface area contributed by atoms with Gasteiger partial charge in [-0.05, 0) is 19.9 Å². The number of carbonyl (C=O) groups excluding carboxylic acids is 1. The first-order valence-electron chi connectivity index (χ1n) is 5.52. The van der Waals surface area contributed by atoms with Crippen molar-refractivity contribution in [3.63, 3.8) is 0 Å². The Kier molecular flexibility index (Phi) is 5.43. The molecule has 0 amide bonds. The molecule has 0 aliphatic rings. The largest absolute Gasteiger partial charge is 0.330 e. The summed E-state index contributed by atoms with van der Waals surface area (Å²) >= 11 is 0. The van der Waals surface area contributed by atoms with Crippen molar-refractivity contribution in [1.29, 1.82) is 0 Å². The van der Waals surface area contributed by atoms with Crippen LogP contribution in [0.25, 0.3) is 0 Å². The molecule has 3 heteroatoms. The highest BCUT2D eigenvalue weighted by Crippen LogP contribution is 2.04. The van der Waals surface area contributed by atoms with E-state index >= 15 is 0 Å². The average Bonchev–Trinajstić information content (AvgIpc) is 2.30. The molecular formula is C13H18N2O. The number of rotatable bonds is 6. The van der Waals surface area contributed by atoms with Crippen molar-refractivity contribution in [2.45, 2.75) is 19.8 Å². The van der Waals surface area contributed by atoms with E-state index < -0.39 is 0 Å². The summed E-state index contributed by atoms with van der Waals surface area (Å²) in [4.78, 5) is 16.1. The van der Waals surface area contributed by atoms with Gasteiger partial charge in [-0.2, -0.15) is 0 Å². The maximum Gasteiger partial charge on any atom is 0.168 e. The number of aliphatic imine (C=N–C) groups is 1. The topological polar surface area (TPSA) is 55.5 Å².